The summed E-state index contributed by atoms with van der Waals surface area (Å²) in [5, 5.41) is 7.11. The highest BCUT2D eigenvalue weighted by molar-refractivity contribution is 14.0. The van der Waals surface area contributed by atoms with Crippen LogP contribution in [0.25, 0.3) is 0 Å². The number of benzene rings is 1. The number of morpholine rings is 1. The molecule has 1 aliphatic rings. The van der Waals surface area contributed by atoms with E-state index < -0.39 is 10.0 Å². The Labute approximate surface area is 196 Å². The summed E-state index contributed by atoms with van der Waals surface area (Å²) in [4.78, 5) is 4.41. The molecule has 0 bridgehead atoms. The summed E-state index contributed by atoms with van der Waals surface area (Å²) >= 11 is 6.17. The Kier molecular flexibility index (Phi) is 11.8. The monoisotopic (exact) mass is 558 g/mol. The summed E-state index contributed by atoms with van der Waals surface area (Å²) in [7, 11) is -3.36. The Balaban J connectivity index is 0.00000420. The number of halogens is 2. The highest BCUT2D eigenvalue weighted by Crippen LogP contribution is 2.15. The van der Waals surface area contributed by atoms with Crippen LogP contribution in [0.4, 0.5) is 0 Å². The minimum absolute atomic E-state index is 0. The highest BCUT2D eigenvalue weighted by atomic mass is 127. The minimum Gasteiger partial charge on any atom is -0.373 e. The molecule has 2 rings (SSSR count). The second kappa shape index (κ2) is 12.9. The maximum atomic E-state index is 12.6. The number of nitrogens with zero attached hydrogens (tertiary/aromatic N) is 2. The van der Waals surface area contributed by atoms with Gasteiger partial charge in [0.15, 0.2) is 5.96 Å². The number of sulfonamides is 1. The highest BCUT2D eigenvalue weighted by Gasteiger charge is 2.30. The first-order chi connectivity index (χ1) is 13.3. The number of nitrogens with one attached hydrogen (secondary N) is 2. The van der Waals surface area contributed by atoms with Crippen molar-refractivity contribution in [3.63, 3.8) is 0 Å². The molecule has 1 saturated heterocycles. The Hall–Kier alpha value is -0.620. The SMILES string of the molecule is CCNC(=NCCS(=O)(=O)N1CC(C)OC(C)C1)NCCc1ccccc1Cl.I. The molecule has 0 aliphatic carbocycles. The van der Waals surface area contributed by atoms with Gasteiger partial charge in [0.1, 0.15) is 0 Å². The van der Waals surface area contributed by atoms with Gasteiger partial charge in [0.2, 0.25) is 10.0 Å². The molecule has 7 nitrogen and oxygen atoms in total. The van der Waals surface area contributed by atoms with E-state index >= 15 is 0 Å². The second-order valence-electron chi connectivity index (χ2n) is 6.92. The Morgan fingerprint density at radius 2 is 1.90 bits per heavy atom. The molecule has 0 saturated carbocycles. The quantitative estimate of drug-likeness (QED) is 0.291. The average Bonchev–Trinajstić information content (AvgIpc) is 2.62. The first kappa shape index (κ1) is 26.4. The van der Waals surface area contributed by atoms with E-state index in [2.05, 4.69) is 15.6 Å². The first-order valence-electron chi connectivity index (χ1n) is 9.70. The van der Waals surface area contributed by atoms with Crippen LogP contribution >= 0.6 is 35.6 Å². The van der Waals surface area contributed by atoms with E-state index in [1.165, 1.54) is 4.31 Å². The molecular formula is C19H32ClIN4O3S. The van der Waals surface area contributed by atoms with Crippen molar-refractivity contribution in [2.45, 2.75) is 39.4 Å². The third-order valence-corrected chi connectivity index (χ3v) is 6.54. The summed E-state index contributed by atoms with van der Waals surface area (Å²) in [6, 6.07) is 7.72. The van der Waals surface area contributed by atoms with Gasteiger partial charge in [-0.25, -0.2) is 8.42 Å². The normalized spacial score (nSPS) is 20.8. The van der Waals surface area contributed by atoms with Crippen molar-refractivity contribution in [2.75, 3.05) is 38.5 Å². The maximum Gasteiger partial charge on any atom is 0.216 e. The van der Waals surface area contributed by atoms with Gasteiger partial charge in [-0.1, -0.05) is 29.8 Å². The van der Waals surface area contributed by atoms with E-state index in [1.54, 1.807) is 0 Å². The van der Waals surface area contributed by atoms with Crippen molar-refractivity contribution in [3.05, 3.63) is 34.9 Å². The molecule has 1 aromatic carbocycles. The number of guanidine groups is 1. The van der Waals surface area contributed by atoms with Crippen LogP contribution in [-0.2, 0) is 21.2 Å². The molecule has 0 amide bonds. The lowest BCUT2D eigenvalue weighted by Gasteiger charge is -2.34. The van der Waals surface area contributed by atoms with E-state index in [1.807, 2.05) is 45.0 Å². The predicted molar refractivity (Wildman–Crippen MR) is 130 cm³/mol. The first-order valence-corrected chi connectivity index (χ1v) is 11.7. The predicted octanol–water partition coefficient (Wildman–Crippen LogP) is 2.49. The molecule has 1 aromatic rings. The summed E-state index contributed by atoms with van der Waals surface area (Å²) in [6.45, 7) is 8.09. The van der Waals surface area contributed by atoms with Gasteiger partial charge in [-0.3, -0.25) is 4.99 Å². The Bertz CT molecular complexity index is 754. The zero-order chi connectivity index (χ0) is 20.6. The minimum atomic E-state index is -3.36. The van der Waals surface area contributed by atoms with Crippen LogP contribution in [0.15, 0.2) is 29.3 Å². The number of hydrogen-bond donors (Lipinski definition) is 2. The summed E-state index contributed by atoms with van der Waals surface area (Å²) in [5.41, 5.74) is 1.06. The van der Waals surface area contributed by atoms with Gasteiger partial charge in [-0.2, -0.15) is 4.31 Å². The van der Waals surface area contributed by atoms with Crippen LogP contribution in [0, 0.1) is 0 Å². The molecule has 0 spiro atoms. The van der Waals surface area contributed by atoms with Crippen LogP contribution < -0.4 is 10.6 Å². The molecular weight excluding hydrogens is 527 g/mol. The fourth-order valence-electron chi connectivity index (χ4n) is 3.12. The molecule has 166 valence electrons. The Morgan fingerprint density at radius 1 is 1.24 bits per heavy atom. The van der Waals surface area contributed by atoms with Gasteiger partial charge < -0.3 is 15.4 Å². The largest absolute Gasteiger partial charge is 0.373 e. The van der Waals surface area contributed by atoms with E-state index in [4.69, 9.17) is 16.3 Å². The van der Waals surface area contributed by atoms with Gasteiger partial charge in [0.25, 0.3) is 0 Å². The maximum absolute atomic E-state index is 12.6. The second-order valence-corrected chi connectivity index (χ2v) is 9.41. The molecule has 2 N–H and O–H groups in total. The number of aliphatic imine (C=N–C) groups is 1. The summed E-state index contributed by atoms with van der Waals surface area (Å²) in [6.07, 6.45) is 0.572. The average molecular weight is 559 g/mol. The molecule has 0 aromatic heterocycles. The van der Waals surface area contributed by atoms with E-state index in [0.29, 0.717) is 32.1 Å². The van der Waals surface area contributed by atoms with E-state index in [9.17, 15) is 8.42 Å². The van der Waals surface area contributed by atoms with Crippen LogP contribution in [0.1, 0.15) is 26.3 Å². The van der Waals surface area contributed by atoms with Crippen LogP contribution in [0.2, 0.25) is 5.02 Å². The number of hydrogen-bond acceptors (Lipinski definition) is 4. The summed E-state index contributed by atoms with van der Waals surface area (Å²) < 4.78 is 32.3. The van der Waals surface area contributed by atoms with E-state index in [-0.39, 0.29) is 48.5 Å². The van der Waals surface area contributed by atoms with Crippen molar-refractivity contribution in [2.24, 2.45) is 4.99 Å². The van der Waals surface area contributed by atoms with Gasteiger partial charge in [0, 0.05) is 31.2 Å². The van der Waals surface area contributed by atoms with Crippen molar-refractivity contribution >= 4 is 51.6 Å². The van der Waals surface area contributed by atoms with Crippen molar-refractivity contribution in [1.82, 2.24) is 14.9 Å². The van der Waals surface area contributed by atoms with Crippen molar-refractivity contribution in [3.8, 4) is 0 Å². The van der Waals surface area contributed by atoms with Crippen molar-refractivity contribution in [1.29, 1.82) is 0 Å². The van der Waals surface area contributed by atoms with Crippen molar-refractivity contribution < 1.29 is 13.2 Å². The lowest BCUT2D eigenvalue weighted by Crippen LogP contribution is -2.49. The fourth-order valence-corrected chi connectivity index (χ4v) is 4.80. The molecule has 0 radical (unpaired) electrons. The Morgan fingerprint density at radius 3 is 2.52 bits per heavy atom. The third kappa shape index (κ3) is 8.95. The smallest absolute Gasteiger partial charge is 0.216 e. The molecule has 10 heteroatoms. The molecule has 2 unspecified atom stereocenters. The topological polar surface area (TPSA) is 83.0 Å². The molecule has 2 atom stereocenters. The lowest BCUT2D eigenvalue weighted by atomic mass is 10.1. The molecule has 1 heterocycles. The number of ether oxygens (including phenoxy) is 1. The molecule has 1 aliphatic heterocycles. The standard InChI is InChI=1S/C19H31ClN4O3S.HI/c1-4-21-19(22-10-9-17-7-5-6-8-18(17)20)23-11-12-28(25,26)24-13-15(2)27-16(3)14-24;/h5-8,15-16H,4,9-14H2,1-3H3,(H2,21,22,23);1H. The van der Waals surface area contributed by atoms with Gasteiger partial charge in [-0.15, -0.1) is 24.0 Å². The van der Waals surface area contributed by atoms with Crippen LogP contribution in [0.3, 0.4) is 0 Å². The lowest BCUT2D eigenvalue weighted by molar-refractivity contribution is -0.0440. The van der Waals surface area contributed by atoms with Gasteiger partial charge in [0.05, 0.1) is 24.5 Å². The third-order valence-electron chi connectivity index (χ3n) is 4.39. The molecule has 29 heavy (non-hydrogen) atoms. The molecule has 1 fully saturated rings. The zero-order valence-corrected chi connectivity index (χ0v) is 21.1. The number of rotatable bonds is 8. The van der Waals surface area contributed by atoms with Gasteiger partial charge in [-0.05, 0) is 38.8 Å². The summed E-state index contributed by atoms with van der Waals surface area (Å²) in [5.74, 6) is 0.585. The van der Waals surface area contributed by atoms with Crippen LogP contribution in [0.5, 0.6) is 0 Å². The van der Waals surface area contributed by atoms with Crippen LogP contribution in [-0.4, -0.2) is 69.4 Å². The fraction of sp³-hybridized carbons (Fsp3) is 0.632. The van der Waals surface area contributed by atoms with E-state index in [0.717, 1.165) is 17.0 Å². The van der Waals surface area contributed by atoms with Gasteiger partial charge >= 0.3 is 0 Å². The zero-order valence-electron chi connectivity index (χ0n) is 17.2.